The van der Waals surface area contributed by atoms with E-state index in [0.717, 1.165) is 19.6 Å². The number of hydrogen-bond donors (Lipinski definition) is 1. The van der Waals surface area contributed by atoms with Crippen LogP contribution in [0.3, 0.4) is 0 Å². The van der Waals surface area contributed by atoms with E-state index in [1.54, 1.807) is 0 Å². The molecular formula is C17H17N3. The topological polar surface area (TPSA) is 29.9 Å². The summed E-state index contributed by atoms with van der Waals surface area (Å²) in [5.41, 5.74) is 2.70. The quantitative estimate of drug-likeness (QED) is 0.787. The second-order valence-corrected chi connectivity index (χ2v) is 5.44. The van der Waals surface area contributed by atoms with Gasteiger partial charge < -0.3 is 9.88 Å². The predicted molar refractivity (Wildman–Crippen MR) is 80.9 cm³/mol. The Morgan fingerprint density at radius 3 is 2.80 bits per heavy atom. The molecule has 2 aromatic carbocycles. The lowest BCUT2D eigenvalue weighted by Gasteiger charge is -2.28. The van der Waals surface area contributed by atoms with Gasteiger partial charge in [-0.1, -0.05) is 42.5 Å². The molecule has 3 nitrogen and oxygen atoms in total. The van der Waals surface area contributed by atoms with Gasteiger partial charge in [0.2, 0.25) is 0 Å². The van der Waals surface area contributed by atoms with E-state index < -0.39 is 0 Å². The molecule has 0 radical (unpaired) electrons. The van der Waals surface area contributed by atoms with Gasteiger partial charge in [0.25, 0.3) is 0 Å². The summed E-state index contributed by atoms with van der Waals surface area (Å²) in [6.07, 6.45) is 3.96. The average Bonchev–Trinajstić information content (AvgIpc) is 2.85. The van der Waals surface area contributed by atoms with Crippen molar-refractivity contribution in [1.29, 1.82) is 0 Å². The Morgan fingerprint density at radius 2 is 1.95 bits per heavy atom. The van der Waals surface area contributed by atoms with Gasteiger partial charge in [-0.25, -0.2) is 4.98 Å². The number of aromatic nitrogens is 2. The molecule has 1 fully saturated rings. The molecule has 3 heteroatoms. The third-order valence-electron chi connectivity index (χ3n) is 4.16. The molecule has 20 heavy (non-hydrogen) atoms. The van der Waals surface area contributed by atoms with Gasteiger partial charge in [-0.15, -0.1) is 0 Å². The van der Waals surface area contributed by atoms with Crippen molar-refractivity contribution in [2.75, 3.05) is 13.1 Å². The molecular weight excluding hydrogens is 246 g/mol. The minimum atomic E-state index is 0.618. The number of rotatable bonds is 3. The SMILES string of the molecule is c1ccc2c(Cn3cncc3C3CNC3)cccc2c1. The first-order valence-electron chi connectivity index (χ1n) is 7.09. The van der Waals surface area contributed by atoms with Crippen LogP contribution in [0.5, 0.6) is 0 Å². The summed E-state index contributed by atoms with van der Waals surface area (Å²) in [4.78, 5) is 4.34. The van der Waals surface area contributed by atoms with Crippen molar-refractivity contribution in [2.24, 2.45) is 0 Å². The zero-order valence-corrected chi connectivity index (χ0v) is 11.3. The number of imidazole rings is 1. The first-order valence-corrected chi connectivity index (χ1v) is 7.09. The smallest absolute Gasteiger partial charge is 0.0951 e. The van der Waals surface area contributed by atoms with Crippen LogP contribution in [-0.4, -0.2) is 22.6 Å². The molecule has 1 aliphatic heterocycles. The van der Waals surface area contributed by atoms with Crippen molar-refractivity contribution in [3.8, 4) is 0 Å². The highest BCUT2D eigenvalue weighted by Crippen LogP contribution is 2.23. The van der Waals surface area contributed by atoms with Crippen LogP contribution in [0.2, 0.25) is 0 Å². The maximum atomic E-state index is 4.34. The zero-order chi connectivity index (χ0) is 13.4. The number of nitrogens with one attached hydrogen (secondary N) is 1. The Balaban J connectivity index is 1.72. The van der Waals surface area contributed by atoms with Crippen LogP contribution < -0.4 is 5.32 Å². The molecule has 1 N–H and O–H groups in total. The monoisotopic (exact) mass is 263 g/mol. The fourth-order valence-electron chi connectivity index (χ4n) is 2.91. The van der Waals surface area contributed by atoms with Crippen LogP contribution >= 0.6 is 0 Å². The molecule has 100 valence electrons. The predicted octanol–water partition coefficient (Wildman–Crippen LogP) is 2.77. The van der Waals surface area contributed by atoms with Crippen molar-refractivity contribution in [1.82, 2.24) is 14.9 Å². The molecule has 3 aromatic rings. The van der Waals surface area contributed by atoms with Crippen LogP contribution in [0.4, 0.5) is 0 Å². The van der Waals surface area contributed by atoms with Crippen molar-refractivity contribution >= 4 is 10.8 Å². The lowest BCUT2D eigenvalue weighted by atomic mass is 9.99. The van der Waals surface area contributed by atoms with E-state index in [2.05, 4.69) is 57.3 Å². The molecule has 1 saturated heterocycles. The summed E-state index contributed by atoms with van der Waals surface area (Å²) >= 11 is 0. The minimum Gasteiger partial charge on any atom is -0.330 e. The van der Waals surface area contributed by atoms with Crippen molar-refractivity contribution in [2.45, 2.75) is 12.5 Å². The fourth-order valence-corrected chi connectivity index (χ4v) is 2.91. The lowest BCUT2D eigenvalue weighted by Crippen LogP contribution is -2.40. The molecule has 1 aliphatic rings. The summed E-state index contributed by atoms with van der Waals surface area (Å²) in [7, 11) is 0. The van der Waals surface area contributed by atoms with Gasteiger partial charge in [-0.2, -0.15) is 0 Å². The highest BCUT2D eigenvalue weighted by Gasteiger charge is 2.22. The first kappa shape index (κ1) is 11.7. The molecule has 1 aromatic heterocycles. The molecule has 0 spiro atoms. The third kappa shape index (κ3) is 1.91. The van der Waals surface area contributed by atoms with E-state index in [0.29, 0.717) is 5.92 Å². The van der Waals surface area contributed by atoms with Crippen LogP contribution in [0.25, 0.3) is 10.8 Å². The summed E-state index contributed by atoms with van der Waals surface area (Å²) in [5, 5.41) is 5.97. The third-order valence-corrected chi connectivity index (χ3v) is 4.16. The normalized spacial score (nSPS) is 15.4. The summed E-state index contributed by atoms with van der Waals surface area (Å²) < 4.78 is 2.28. The Kier molecular flexibility index (Phi) is 2.78. The van der Waals surface area contributed by atoms with Gasteiger partial charge in [0.15, 0.2) is 0 Å². The maximum absolute atomic E-state index is 4.34. The molecule has 2 heterocycles. The summed E-state index contributed by atoms with van der Waals surface area (Å²) in [6, 6.07) is 15.1. The van der Waals surface area contributed by atoms with Crippen LogP contribution in [0.1, 0.15) is 17.2 Å². The number of nitrogens with zero attached hydrogens (tertiary/aromatic N) is 2. The van der Waals surface area contributed by atoms with Gasteiger partial charge >= 0.3 is 0 Å². The Bertz CT molecular complexity index is 735. The van der Waals surface area contributed by atoms with Crippen molar-refractivity contribution in [3.63, 3.8) is 0 Å². The van der Waals surface area contributed by atoms with Crippen LogP contribution in [-0.2, 0) is 6.54 Å². The highest BCUT2D eigenvalue weighted by molar-refractivity contribution is 5.85. The number of benzene rings is 2. The summed E-state index contributed by atoms with van der Waals surface area (Å²) in [5.74, 6) is 0.618. The largest absolute Gasteiger partial charge is 0.330 e. The number of hydrogen-bond acceptors (Lipinski definition) is 2. The Labute approximate surface area is 118 Å². The van der Waals surface area contributed by atoms with E-state index in [4.69, 9.17) is 0 Å². The molecule has 0 unspecified atom stereocenters. The van der Waals surface area contributed by atoms with Crippen LogP contribution in [0, 0.1) is 0 Å². The minimum absolute atomic E-state index is 0.618. The van der Waals surface area contributed by atoms with E-state index in [1.165, 1.54) is 22.0 Å². The fraction of sp³-hybridized carbons (Fsp3) is 0.235. The molecule has 0 amide bonds. The van der Waals surface area contributed by atoms with E-state index in [9.17, 15) is 0 Å². The molecule has 0 aliphatic carbocycles. The van der Waals surface area contributed by atoms with Gasteiger partial charge in [0.05, 0.1) is 6.33 Å². The molecule has 4 rings (SSSR count). The Morgan fingerprint density at radius 1 is 1.10 bits per heavy atom. The van der Waals surface area contributed by atoms with Gasteiger partial charge in [-0.3, -0.25) is 0 Å². The second-order valence-electron chi connectivity index (χ2n) is 5.44. The average molecular weight is 263 g/mol. The molecule has 0 bridgehead atoms. The van der Waals surface area contributed by atoms with Crippen molar-refractivity contribution < 1.29 is 0 Å². The highest BCUT2D eigenvalue weighted by atomic mass is 15.1. The van der Waals surface area contributed by atoms with Gasteiger partial charge in [0.1, 0.15) is 0 Å². The Hall–Kier alpha value is -2.13. The number of fused-ring (bicyclic) bond motifs is 1. The van der Waals surface area contributed by atoms with Gasteiger partial charge in [0, 0.05) is 37.4 Å². The second kappa shape index (κ2) is 4.76. The van der Waals surface area contributed by atoms with E-state index in [-0.39, 0.29) is 0 Å². The van der Waals surface area contributed by atoms with E-state index >= 15 is 0 Å². The first-order chi connectivity index (χ1) is 9.92. The van der Waals surface area contributed by atoms with Crippen molar-refractivity contribution in [3.05, 3.63) is 66.2 Å². The lowest BCUT2D eigenvalue weighted by molar-refractivity contribution is 0.427. The molecule has 0 atom stereocenters. The standard InChI is InChI=1S/C17H17N3/c1-2-7-16-13(4-1)5-3-6-14(16)11-20-12-19-10-17(20)15-8-18-9-15/h1-7,10,12,15,18H,8-9,11H2. The van der Waals surface area contributed by atoms with E-state index in [1.807, 2.05) is 12.5 Å². The van der Waals surface area contributed by atoms with Gasteiger partial charge in [-0.05, 0) is 16.3 Å². The van der Waals surface area contributed by atoms with Crippen LogP contribution in [0.15, 0.2) is 55.0 Å². The molecule has 0 saturated carbocycles. The maximum Gasteiger partial charge on any atom is 0.0951 e. The summed E-state index contributed by atoms with van der Waals surface area (Å²) in [6.45, 7) is 3.04. The zero-order valence-electron chi connectivity index (χ0n) is 11.3.